The van der Waals surface area contributed by atoms with Gasteiger partial charge >= 0.3 is 6.18 Å². The molecule has 0 aliphatic heterocycles. The topological polar surface area (TPSA) is 98.0 Å². The van der Waals surface area contributed by atoms with Crippen molar-refractivity contribution in [2.24, 2.45) is 0 Å². The average Bonchev–Trinajstić information content (AvgIpc) is 2.77. The monoisotopic (exact) mass is 338 g/mol. The molecular weight excluding hydrogens is 329 g/mol. The smallest absolute Gasteiger partial charge is 0.374 e. The average molecular weight is 338 g/mol. The molecule has 2 rings (SSSR count). The fraction of sp³-hybridized carbons (Fsp3) is 0.200. The maximum atomic E-state index is 12.8. The fourth-order valence-electron chi connectivity index (χ4n) is 1.52. The molecule has 1 aromatic heterocycles. The summed E-state index contributed by atoms with van der Waals surface area (Å²) in [5.41, 5.74) is 4.13. The molecule has 21 heavy (non-hydrogen) atoms. The van der Waals surface area contributed by atoms with Crippen LogP contribution in [0.5, 0.6) is 0 Å². The molecular formula is C10H9F3N4O2S2. The number of aromatic nitrogens is 2. The minimum absolute atomic E-state index is 0.00870. The predicted molar refractivity (Wildman–Crippen MR) is 71.3 cm³/mol. The summed E-state index contributed by atoms with van der Waals surface area (Å²) in [4.78, 5) is 0. The Kier molecular flexibility index (Phi) is 3.80. The lowest BCUT2D eigenvalue weighted by Gasteiger charge is -2.12. The molecule has 114 valence electrons. The number of nitrogens with two attached hydrogens (primary N) is 1. The quantitative estimate of drug-likeness (QED) is 0.894. The summed E-state index contributed by atoms with van der Waals surface area (Å²) < 4.78 is 63.8. The predicted octanol–water partition coefficient (Wildman–Crippen LogP) is 2.25. The van der Waals surface area contributed by atoms with E-state index in [1.807, 2.05) is 4.72 Å². The molecule has 0 aliphatic rings. The van der Waals surface area contributed by atoms with Crippen molar-refractivity contribution >= 4 is 32.2 Å². The molecule has 0 saturated heterocycles. The van der Waals surface area contributed by atoms with Gasteiger partial charge in [0, 0.05) is 5.69 Å². The SMILES string of the molecule is Cc1ccc(NS(=O)(=O)c2nnc(N)s2)cc1C(F)(F)F. The van der Waals surface area contributed by atoms with Crippen LogP contribution in [0, 0.1) is 6.92 Å². The summed E-state index contributed by atoms with van der Waals surface area (Å²) in [7, 11) is -4.12. The molecule has 0 radical (unpaired) electrons. The molecule has 0 bridgehead atoms. The van der Waals surface area contributed by atoms with E-state index in [2.05, 4.69) is 10.2 Å². The van der Waals surface area contributed by atoms with E-state index in [4.69, 9.17) is 5.73 Å². The summed E-state index contributed by atoms with van der Waals surface area (Å²) in [5.74, 6) is 0. The summed E-state index contributed by atoms with van der Waals surface area (Å²) in [5, 5.41) is 6.63. The van der Waals surface area contributed by atoms with Crippen LogP contribution >= 0.6 is 11.3 Å². The van der Waals surface area contributed by atoms with Crippen molar-refractivity contribution < 1.29 is 21.6 Å². The summed E-state index contributed by atoms with van der Waals surface area (Å²) in [6.07, 6.45) is -4.57. The molecule has 0 spiro atoms. The molecule has 0 saturated carbocycles. The molecule has 2 aromatic rings. The van der Waals surface area contributed by atoms with Gasteiger partial charge in [0.15, 0.2) is 0 Å². The zero-order chi connectivity index (χ0) is 15.8. The van der Waals surface area contributed by atoms with E-state index >= 15 is 0 Å². The van der Waals surface area contributed by atoms with E-state index in [0.717, 1.165) is 6.07 Å². The molecule has 0 unspecified atom stereocenters. The summed E-state index contributed by atoms with van der Waals surface area (Å²) in [6.45, 7) is 1.28. The van der Waals surface area contributed by atoms with Crippen molar-refractivity contribution in [1.82, 2.24) is 10.2 Å². The van der Waals surface area contributed by atoms with Crippen LogP contribution in [-0.4, -0.2) is 18.6 Å². The van der Waals surface area contributed by atoms with Crippen LogP contribution in [0.4, 0.5) is 24.0 Å². The first-order chi connectivity index (χ1) is 9.59. The molecule has 0 fully saturated rings. The van der Waals surface area contributed by atoms with Gasteiger partial charge in [-0.3, -0.25) is 4.72 Å². The first-order valence-corrected chi connectivity index (χ1v) is 7.69. The Labute approximate surface area is 121 Å². The second kappa shape index (κ2) is 5.15. The van der Waals surface area contributed by atoms with Gasteiger partial charge in [0.05, 0.1) is 5.56 Å². The van der Waals surface area contributed by atoms with Gasteiger partial charge in [-0.25, -0.2) is 0 Å². The van der Waals surface area contributed by atoms with Crippen LogP contribution < -0.4 is 10.5 Å². The van der Waals surface area contributed by atoms with Crippen molar-refractivity contribution in [1.29, 1.82) is 0 Å². The van der Waals surface area contributed by atoms with Gasteiger partial charge in [0.1, 0.15) is 0 Å². The second-order valence-electron chi connectivity index (χ2n) is 4.04. The van der Waals surface area contributed by atoms with Gasteiger partial charge in [0.2, 0.25) is 5.13 Å². The standard InChI is InChI=1S/C10H9F3N4O2S2/c1-5-2-3-6(4-7(5)10(11,12)13)17-21(18,19)9-16-15-8(14)20-9/h2-4,17H,1H3,(H2,14,15). The van der Waals surface area contributed by atoms with Crippen LogP contribution in [0.25, 0.3) is 0 Å². The Bertz CT molecular complexity index is 771. The van der Waals surface area contributed by atoms with Gasteiger partial charge in [0.25, 0.3) is 14.4 Å². The molecule has 1 aromatic carbocycles. The highest BCUT2D eigenvalue weighted by atomic mass is 32.2. The van der Waals surface area contributed by atoms with Crippen LogP contribution in [0.2, 0.25) is 0 Å². The van der Waals surface area contributed by atoms with Gasteiger partial charge < -0.3 is 5.73 Å². The molecule has 3 N–H and O–H groups in total. The third kappa shape index (κ3) is 3.42. The van der Waals surface area contributed by atoms with Crippen molar-refractivity contribution in [2.45, 2.75) is 17.4 Å². The number of hydrogen-bond acceptors (Lipinski definition) is 6. The van der Waals surface area contributed by atoms with E-state index in [1.54, 1.807) is 0 Å². The third-order valence-electron chi connectivity index (χ3n) is 2.45. The zero-order valence-corrected chi connectivity index (χ0v) is 12.1. The lowest BCUT2D eigenvalue weighted by Crippen LogP contribution is -2.14. The number of nitrogen functional groups attached to an aromatic ring is 1. The number of anilines is 2. The van der Waals surface area contributed by atoms with Crippen molar-refractivity contribution in [3.63, 3.8) is 0 Å². The van der Waals surface area contributed by atoms with Crippen LogP contribution in [0.15, 0.2) is 22.5 Å². The highest BCUT2D eigenvalue weighted by Gasteiger charge is 2.33. The zero-order valence-electron chi connectivity index (χ0n) is 10.5. The van der Waals surface area contributed by atoms with Crippen molar-refractivity contribution in [2.75, 3.05) is 10.5 Å². The van der Waals surface area contributed by atoms with Crippen LogP contribution in [-0.2, 0) is 16.2 Å². The highest BCUT2D eigenvalue weighted by Crippen LogP contribution is 2.34. The number of hydrogen-bond donors (Lipinski definition) is 2. The van der Waals surface area contributed by atoms with E-state index in [-0.39, 0.29) is 16.4 Å². The fourth-order valence-corrected chi connectivity index (χ4v) is 3.35. The molecule has 0 atom stereocenters. The first kappa shape index (κ1) is 15.5. The number of benzene rings is 1. The molecule has 11 heteroatoms. The number of alkyl halides is 3. The lowest BCUT2D eigenvalue weighted by molar-refractivity contribution is -0.138. The molecule has 6 nitrogen and oxygen atoms in total. The van der Waals surface area contributed by atoms with E-state index in [0.29, 0.717) is 11.3 Å². The van der Waals surface area contributed by atoms with E-state index in [9.17, 15) is 21.6 Å². The van der Waals surface area contributed by atoms with Gasteiger partial charge in [-0.15, -0.1) is 10.2 Å². The van der Waals surface area contributed by atoms with Crippen LogP contribution in [0.3, 0.4) is 0 Å². The minimum atomic E-state index is -4.57. The maximum absolute atomic E-state index is 12.8. The molecule has 0 amide bonds. The molecule has 1 heterocycles. The Morgan fingerprint density at radius 2 is 1.95 bits per heavy atom. The second-order valence-corrected chi connectivity index (χ2v) is 6.90. The Balaban J connectivity index is 2.36. The number of sulfonamides is 1. The third-order valence-corrected chi connectivity index (χ3v) is 4.95. The summed E-state index contributed by atoms with van der Waals surface area (Å²) in [6, 6.07) is 3.12. The lowest BCUT2D eigenvalue weighted by atomic mass is 10.1. The van der Waals surface area contributed by atoms with E-state index in [1.165, 1.54) is 19.1 Å². The first-order valence-electron chi connectivity index (χ1n) is 5.39. The molecule has 0 aliphatic carbocycles. The summed E-state index contributed by atoms with van der Waals surface area (Å²) >= 11 is 0.610. The Hall–Kier alpha value is -1.88. The number of nitrogens with zero attached hydrogens (tertiary/aromatic N) is 2. The normalized spacial score (nSPS) is 12.4. The largest absolute Gasteiger partial charge is 0.416 e. The number of halogens is 3. The highest BCUT2D eigenvalue weighted by molar-refractivity contribution is 7.94. The maximum Gasteiger partial charge on any atom is 0.416 e. The van der Waals surface area contributed by atoms with Gasteiger partial charge in [-0.2, -0.15) is 21.6 Å². The van der Waals surface area contributed by atoms with Gasteiger partial charge in [-0.1, -0.05) is 17.4 Å². The van der Waals surface area contributed by atoms with Crippen LogP contribution in [0.1, 0.15) is 11.1 Å². The number of nitrogens with one attached hydrogen (secondary N) is 1. The Morgan fingerprint density at radius 3 is 2.48 bits per heavy atom. The van der Waals surface area contributed by atoms with Crippen molar-refractivity contribution in [3.8, 4) is 0 Å². The number of aryl methyl sites for hydroxylation is 1. The van der Waals surface area contributed by atoms with E-state index < -0.39 is 26.1 Å². The minimum Gasteiger partial charge on any atom is -0.374 e. The number of rotatable bonds is 3. The Morgan fingerprint density at radius 1 is 1.29 bits per heavy atom. The van der Waals surface area contributed by atoms with Crippen molar-refractivity contribution in [3.05, 3.63) is 29.3 Å². The van der Waals surface area contributed by atoms with Gasteiger partial charge in [-0.05, 0) is 24.6 Å².